The summed E-state index contributed by atoms with van der Waals surface area (Å²) >= 11 is 0. The van der Waals surface area contributed by atoms with Gasteiger partial charge in [0.2, 0.25) is 5.91 Å². The molecular weight excluding hydrogens is 398 g/mol. The fourth-order valence-corrected chi connectivity index (χ4v) is 3.80. The van der Waals surface area contributed by atoms with Crippen LogP contribution in [0.5, 0.6) is 0 Å². The first-order chi connectivity index (χ1) is 14.2. The van der Waals surface area contributed by atoms with Crippen LogP contribution in [0.25, 0.3) is 0 Å². The van der Waals surface area contributed by atoms with Gasteiger partial charge >= 0.3 is 17.9 Å². The molecule has 170 valence electrons. The molecule has 2 rings (SSSR count). The molecule has 0 aromatic rings. The number of ether oxygens (including phenoxy) is 5. The quantitative estimate of drug-likeness (QED) is 0.466. The molecule has 0 aromatic heterocycles. The molecule has 0 radical (unpaired) electrons. The fraction of sp³-hybridized carbons (Fsp3) is 0.800. The molecule has 0 aromatic carbocycles. The van der Waals surface area contributed by atoms with Gasteiger partial charge in [-0.3, -0.25) is 19.2 Å². The predicted molar refractivity (Wildman–Crippen MR) is 102 cm³/mol. The Labute approximate surface area is 175 Å². The summed E-state index contributed by atoms with van der Waals surface area (Å²) in [5.41, 5.74) is 0. The van der Waals surface area contributed by atoms with Gasteiger partial charge in [-0.2, -0.15) is 0 Å². The fourth-order valence-electron chi connectivity index (χ4n) is 3.80. The minimum atomic E-state index is -1.10. The lowest BCUT2D eigenvalue weighted by Gasteiger charge is -2.46. The predicted octanol–water partition coefficient (Wildman–Crippen LogP) is 0.992. The molecular formula is C20H31NO9. The number of amides is 1. The smallest absolute Gasteiger partial charge is 0.303 e. The first kappa shape index (κ1) is 24.1. The number of nitrogens with one attached hydrogen (secondary N) is 1. The van der Waals surface area contributed by atoms with Crippen LogP contribution in [0.15, 0.2) is 0 Å². The molecule has 1 aliphatic heterocycles. The van der Waals surface area contributed by atoms with Crippen LogP contribution in [-0.4, -0.2) is 67.2 Å². The normalized spacial score (nSPS) is 29.5. The Morgan fingerprint density at radius 2 is 1.47 bits per heavy atom. The van der Waals surface area contributed by atoms with Crippen molar-refractivity contribution in [3.8, 4) is 0 Å². The van der Waals surface area contributed by atoms with Gasteiger partial charge < -0.3 is 29.0 Å². The van der Waals surface area contributed by atoms with Crippen molar-refractivity contribution in [3.05, 3.63) is 0 Å². The summed E-state index contributed by atoms with van der Waals surface area (Å²) in [6.07, 6.45) is 0.643. The lowest BCUT2D eigenvalue weighted by atomic mass is 9.94. The van der Waals surface area contributed by atoms with Crippen molar-refractivity contribution in [2.24, 2.45) is 0 Å². The monoisotopic (exact) mass is 429 g/mol. The highest BCUT2D eigenvalue weighted by Crippen LogP contribution is 2.31. The van der Waals surface area contributed by atoms with E-state index in [0.717, 1.165) is 32.1 Å². The largest absolute Gasteiger partial charge is 0.463 e. The molecule has 30 heavy (non-hydrogen) atoms. The summed E-state index contributed by atoms with van der Waals surface area (Å²) in [6, 6.07) is -0.911. The minimum absolute atomic E-state index is 0.0855. The van der Waals surface area contributed by atoms with Crippen LogP contribution < -0.4 is 5.32 Å². The van der Waals surface area contributed by atoms with E-state index in [9.17, 15) is 19.2 Å². The van der Waals surface area contributed by atoms with E-state index in [1.54, 1.807) is 0 Å². The van der Waals surface area contributed by atoms with Gasteiger partial charge in [0.1, 0.15) is 18.8 Å². The number of carbonyl (C=O) groups excluding carboxylic acids is 4. The van der Waals surface area contributed by atoms with Crippen LogP contribution in [0.4, 0.5) is 0 Å². The first-order valence-corrected chi connectivity index (χ1v) is 10.2. The number of carbonyl (C=O) groups is 4. The van der Waals surface area contributed by atoms with Crippen LogP contribution in [0, 0.1) is 0 Å². The van der Waals surface area contributed by atoms with Gasteiger partial charge in [0.05, 0.1) is 6.10 Å². The van der Waals surface area contributed by atoms with Crippen molar-refractivity contribution >= 4 is 23.8 Å². The zero-order chi connectivity index (χ0) is 22.3. The minimum Gasteiger partial charge on any atom is -0.463 e. The number of rotatable bonds is 7. The molecule has 1 heterocycles. The van der Waals surface area contributed by atoms with E-state index in [2.05, 4.69) is 5.32 Å². The maximum atomic E-state index is 11.9. The third-order valence-corrected chi connectivity index (χ3v) is 4.95. The summed E-state index contributed by atoms with van der Waals surface area (Å²) in [5.74, 6) is -2.20. The highest BCUT2D eigenvalue weighted by atomic mass is 16.7. The van der Waals surface area contributed by atoms with E-state index in [1.807, 2.05) is 0 Å². The Kier molecular flexibility index (Phi) is 9.04. The van der Waals surface area contributed by atoms with E-state index in [4.69, 9.17) is 23.7 Å². The Bertz CT molecular complexity index is 632. The molecule has 5 atom stereocenters. The van der Waals surface area contributed by atoms with Crippen molar-refractivity contribution in [3.63, 3.8) is 0 Å². The topological polar surface area (TPSA) is 126 Å². The maximum Gasteiger partial charge on any atom is 0.303 e. The molecule has 10 heteroatoms. The molecule has 0 spiro atoms. The standard InChI is InChI=1S/C20H31NO9/c1-11(22)21-17-19(28-14(4)25)18(27-13(3)24)16(10-26-12(2)23)30-20(17)29-15-8-6-5-7-9-15/h15-20H,5-10H2,1-4H3,(H,21,22)/t16-,17-,18+,19-,20-/m1/s1. The second kappa shape index (κ2) is 11.3. The lowest BCUT2D eigenvalue weighted by molar-refractivity contribution is -0.289. The molecule has 1 saturated carbocycles. The SMILES string of the molecule is CC(=O)N[C@H]1[C@H](OC2CCCCC2)O[C@H](COC(C)=O)[C@H](OC(C)=O)[C@@H]1OC(C)=O. The number of esters is 3. The highest BCUT2D eigenvalue weighted by Gasteiger charge is 2.51. The summed E-state index contributed by atoms with van der Waals surface area (Å²) in [4.78, 5) is 46.7. The van der Waals surface area contributed by atoms with Gasteiger partial charge in [0, 0.05) is 27.7 Å². The molecule has 0 unspecified atom stereocenters. The summed E-state index contributed by atoms with van der Waals surface area (Å²) in [7, 11) is 0. The second-order valence-corrected chi connectivity index (χ2v) is 7.62. The van der Waals surface area contributed by atoms with Crippen molar-refractivity contribution in [1.29, 1.82) is 0 Å². The second-order valence-electron chi connectivity index (χ2n) is 7.62. The van der Waals surface area contributed by atoms with Gasteiger partial charge in [0.15, 0.2) is 18.5 Å². The van der Waals surface area contributed by atoms with Crippen molar-refractivity contribution < 1.29 is 42.9 Å². The van der Waals surface area contributed by atoms with Gasteiger partial charge in [-0.05, 0) is 12.8 Å². The van der Waals surface area contributed by atoms with E-state index >= 15 is 0 Å². The number of hydrogen-bond acceptors (Lipinski definition) is 9. The molecule has 1 aliphatic carbocycles. The molecule has 2 aliphatic rings. The molecule has 0 bridgehead atoms. The zero-order valence-corrected chi connectivity index (χ0v) is 17.9. The molecule has 2 fully saturated rings. The highest BCUT2D eigenvalue weighted by molar-refractivity contribution is 5.73. The van der Waals surface area contributed by atoms with Crippen LogP contribution in [0.2, 0.25) is 0 Å². The molecule has 1 amide bonds. The molecule has 1 saturated heterocycles. The van der Waals surface area contributed by atoms with Gasteiger partial charge in [0.25, 0.3) is 0 Å². The Morgan fingerprint density at radius 1 is 0.867 bits per heavy atom. The van der Waals surface area contributed by atoms with Crippen LogP contribution in [0.1, 0.15) is 59.8 Å². The molecule has 1 N–H and O–H groups in total. The average molecular weight is 429 g/mol. The third kappa shape index (κ3) is 7.24. The summed E-state index contributed by atoms with van der Waals surface area (Å²) in [5, 5.41) is 2.70. The van der Waals surface area contributed by atoms with Gasteiger partial charge in [-0.1, -0.05) is 19.3 Å². The Balaban J connectivity index is 2.34. The van der Waals surface area contributed by atoms with Gasteiger partial charge in [-0.25, -0.2) is 0 Å². The summed E-state index contributed by atoms with van der Waals surface area (Å²) in [6.45, 7) is 4.73. The van der Waals surface area contributed by atoms with Gasteiger partial charge in [-0.15, -0.1) is 0 Å². The lowest BCUT2D eigenvalue weighted by Crippen LogP contribution is -2.67. The zero-order valence-electron chi connectivity index (χ0n) is 17.9. The van der Waals surface area contributed by atoms with E-state index in [1.165, 1.54) is 27.7 Å². The Hall–Kier alpha value is -2.20. The van der Waals surface area contributed by atoms with E-state index < -0.39 is 54.5 Å². The van der Waals surface area contributed by atoms with Crippen LogP contribution in [-0.2, 0) is 42.9 Å². The Morgan fingerprint density at radius 3 is 2.00 bits per heavy atom. The van der Waals surface area contributed by atoms with E-state index in [-0.39, 0.29) is 12.7 Å². The van der Waals surface area contributed by atoms with Crippen molar-refractivity contribution in [2.45, 2.75) is 96.5 Å². The average Bonchev–Trinajstić information content (AvgIpc) is 2.64. The van der Waals surface area contributed by atoms with Crippen molar-refractivity contribution in [1.82, 2.24) is 5.32 Å². The van der Waals surface area contributed by atoms with Crippen LogP contribution in [0.3, 0.4) is 0 Å². The third-order valence-electron chi connectivity index (χ3n) is 4.95. The summed E-state index contributed by atoms with van der Waals surface area (Å²) < 4.78 is 28.0. The number of hydrogen-bond donors (Lipinski definition) is 1. The van der Waals surface area contributed by atoms with Crippen molar-refractivity contribution in [2.75, 3.05) is 6.61 Å². The van der Waals surface area contributed by atoms with E-state index in [0.29, 0.717) is 0 Å². The van der Waals surface area contributed by atoms with Crippen LogP contribution >= 0.6 is 0 Å². The molecule has 10 nitrogen and oxygen atoms in total. The maximum absolute atomic E-state index is 11.9. The first-order valence-electron chi connectivity index (χ1n) is 10.2.